The summed E-state index contributed by atoms with van der Waals surface area (Å²) in [5.41, 5.74) is 8.90. The van der Waals surface area contributed by atoms with Gasteiger partial charge in [0.15, 0.2) is 5.65 Å². The van der Waals surface area contributed by atoms with Gasteiger partial charge in [0.2, 0.25) is 0 Å². The Kier molecular flexibility index (Phi) is 6.46. The van der Waals surface area contributed by atoms with E-state index >= 15 is 0 Å². The first-order chi connectivity index (χ1) is 16.2. The average molecular weight is 461 g/mol. The second kappa shape index (κ2) is 9.80. The lowest BCUT2D eigenvalue weighted by atomic mass is 10.1. The van der Waals surface area contributed by atoms with Crippen molar-refractivity contribution in [3.05, 3.63) is 60.9 Å². The molecule has 3 heterocycles. The summed E-state index contributed by atoms with van der Waals surface area (Å²) in [6, 6.07) is 18.0. The van der Waals surface area contributed by atoms with Crippen molar-refractivity contribution in [1.82, 2.24) is 24.1 Å². The Morgan fingerprint density at radius 3 is 2.64 bits per heavy atom. The molecule has 33 heavy (non-hydrogen) atoms. The number of para-hydroxylation sites is 1. The third-order valence-corrected chi connectivity index (χ3v) is 7.10. The molecule has 7 nitrogen and oxygen atoms in total. The highest BCUT2D eigenvalue weighted by atomic mass is 32.2. The van der Waals surface area contributed by atoms with Crippen molar-refractivity contribution < 1.29 is 4.74 Å². The highest BCUT2D eigenvalue weighted by molar-refractivity contribution is 7.97. The van der Waals surface area contributed by atoms with Crippen molar-refractivity contribution in [2.24, 2.45) is 0 Å². The van der Waals surface area contributed by atoms with Crippen LogP contribution in [0, 0.1) is 0 Å². The number of anilines is 1. The van der Waals surface area contributed by atoms with Crippen LogP contribution < -0.4 is 10.5 Å². The van der Waals surface area contributed by atoms with Crippen LogP contribution in [-0.2, 0) is 0 Å². The quantitative estimate of drug-likeness (QED) is 0.361. The summed E-state index contributed by atoms with van der Waals surface area (Å²) >= 11 is 1.93. The minimum Gasteiger partial charge on any atom is -0.457 e. The molecule has 4 aromatic rings. The van der Waals surface area contributed by atoms with Crippen LogP contribution in [0.25, 0.3) is 22.3 Å². The molecule has 1 atom stereocenters. The molecule has 0 bridgehead atoms. The van der Waals surface area contributed by atoms with Gasteiger partial charge in [-0.05, 0) is 55.7 Å². The van der Waals surface area contributed by atoms with Crippen molar-refractivity contribution in [3.63, 3.8) is 0 Å². The fourth-order valence-electron chi connectivity index (χ4n) is 4.22. The minimum absolute atomic E-state index is 0.259. The molecule has 1 aliphatic rings. The van der Waals surface area contributed by atoms with Crippen LogP contribution in [-0.4, -0.2) is 42.9 Å². The summed E-state index contributed by atoms with van der Waals surface area (Å²) in [7, 11) is 0. The zero-order chi connectivity index (χ0) is 22.6. The number of nitrogens with zero attached hydrogens (tertiary/aromatic N) is 5. The predicted molar refractivity (Wildman–Crippen MR) is 134 cm³/mol. The van der Waals surface area contributed by atoms with Crippen molar-refractivity contribution in [3.8, 4) is 22.8 Å². The van der Waals surface area contributed by atoms with Gasteiger partial charge in [0.1, 0.15) is 29.3 Å². The Morgan fingerprint density at radius 2 is 1.85 bits per heavy atom. The van der Waals surface area contributed by atoms with Gasteiger partial charge in [0, 0.05) is 24.4 Å². The Morgan fingerprint density at radius 1 is 1.06 bits per heavy atom. The second-order valence-corrected chi connectivity index (χ2v) is 9.39. The van der Waals surface area contributed by atoms with E-state index in [1.165, 1.54) is 12.7 Å². The molecule has 1 aliphatic heterocycles. The average Bonchev–Trinajstić information content (AvgIpc) is 3.25. The number of nitrogens with two attached hydrogens (primary N) is 1. The second-order valence-electron chi connectivity index (χ2n) is 8.21. The highest BCUT2D eigenvalue weighted by Gasteiger charge is 2.26. The van der Waals surface area contributed by atoms with Gasteiger partial charge in [-0.1, -0.05) is 37.1 Å². The molecule has 2 aromatic heterocycles. The summed E-state index contributed by atoms with van der Waals surface area (Å²) in [4.78, 5) is 8.84. The molecular weight excluding hydrogens is 432 g/mol. The van der Waals surface area contributed by atoms with Crippen LogP contribution >= 0.6 is 11.9 Å². The van der Waals surface area contributed by atoms with Gasteiger partial charge in [0.05, 0.1) is 11.4 Å². The standard InChI is InChI=1S/C25H28N6OS/c1-2-15-33-30-14-6-7-19(16-30)31-25-22(24(26)27-17-28-25)23(29-31)18-10-12-21(13-11-18)32-20-8-4-3-5-9-20/h3-5,8-13,17,19H,2,6-7,14-16H2,1H3,(H2,26,27,28)/t19-/m1/s1. The molecule has 8 heteroatoms. The Hall–Kier alpha value is -3.10. The molecular formula is C25H28N6OS. The summed E-state index contributed by atoms with van der Waals surface area (Å²) < 4.78 is 10.5. The fourth-order valence-corrected chi connectivity index (χ4v) is 5.19. The van der Waals surface area contributed by atoms with Crippen LogP contribution in [0.2, 0.25) is 0 Å². The first-order valence-corrected chi connectivity index (χ1v) is 12.4. The van der Waals surface area contributed by atoms with E-state index in [9.17, 15) is 0 Å². The van der Waals surface area contributed by atoms with E-state index in [2.05, 4.69) is 25.9 Å². The number of benzene rings is 2. The van der Waals surface area contributed by atoms with E-state index in [1.807, 2.05) is 66.5 Å². The predicted octanol–water partition coefficient (Wildman–Crippen LogP) is 5.56. The first-order valence-electron chi connectivity index (χ1n) is 11.4. The lowest BCUT2D eigenvalue weighted by Crippen LogP contribution is -2.33. The largest absolute Gasteiger partial charge is 0.457 e. The van der Waals surface area contributed by atoms with Gasteiger partial charge >= 0.3 is 0 Å². The van der Waals surface area contributed by atoms with Gasteiger partial charge in [-0.3, -0.25) is 0 Å². The molecule has 1 saturated heterocycles. The lowest BCUT2D eigenvalue weighted by Gasteiger charge is -2.31. The summed E-state index contributed by atoms with van der Waals surface area (Å²) in [6.45, 7) is 4.29. The first kappa shape index (κ1) is 21.7. The van der Waals surface area contributed by atoms with Crippen molar-refractivity contribution in [1.29, 1.82) is 0 Å². The number of aromatic nitrogens is 4. The van der Waals surface area contributed by atoms with Crippen molar-refractivity contribution >= 4 is 28.8 Å². The maximum Gasteiger partial charge on any atom is 0.164 e. The SMILES string of the molecule is CCCSN1CCC[C@@H](n2nc(-c3ccc(Oc4ccccc4)cc3)c3c(N)ncnc32)C1. The van der Waals surface area contributed by atoms with Gasteiger partial charge in [-0.25, -0.2) is 19.0 Å². The smallest absolute Gasteiger partial charge is 0.164 e. The molecule has 170 valence electrons. The molecule has 1 fully saturated rings. The van der Waals surface area contributed by atoms with Crippen LogP contribution in [0.4, 0.5) is 5.82 Å². The van der Waals surface area contributed by atoms with Gasteiger partial charge in [-0.2, -0.15) is 5.10 Å². The topological polar surface area (TPSA) is 82.1 Å². The third-order valence-electron chi connectivity index (χ3n) is 5.81. The molecule has 0 amide bonds. The summed E-state index contributed by atoms with van der Waals surface area (Å²) in [5.74, 6) is 3.18. The maximum absolute atomic E-state index is 6.32. The van der Waals surface area contributed by atoms with Crippen LogP contribution in [0.15, 0.2) is 60.9 Å². The molecule has 0 aliphatic carbocycles. The molecule has 0 unspecified atom stereocenters. The number of nitrogen functional groups attached to an aromatic ring is 1. The number of rotatable bonds is 7. The Bertz CT molecular complexity index is 1210. The van der Waals surface area contributed by atoms with E-state index in [1.54, 1.807) is 0 Å². The normalized spacial score (nSPS) is 16.8. The van der Waals surface area contributed by atoms with E-state index in [-0.39, 0.29) is 6.04 Å². The van der Waals surface area contributed by atoms with E-state index in [4.69, 9.17) is 15.6 Å². The number of piperidine rings is 1. The van der Waals surface area contributed by atoms with Crippen LogP contribution in [0.3, 0.4) is 0 Å². The third kappa shape index (κ3) is 4.67. The monoisotopic (exact) mass is 460 g/mol. The van der Waals surface area contributed by atoms with E-state index in [0.717, 1.165) is 65.5 Å². The number of hydrogen-bond donors (Lipinski definition) is 1. The van der Waals surface area contributed by atoms with Crippen LogP contribution in [0.5, 0.6) is 11.5 Å². The molecule has 5 rings (SSSR count). The van der Waals surface area contributed by atoms with Crippen LogP contribution in [0.1, 0.15) is 32.2 Å². The minimum atomic E-state index is 0.259. The van der Waals surface area contributed by atoms with Gasteiger partial charge < -0.3 is 10.5 Å². The zero-order valence-electron chi connectivity index (χ0n) is 18.7. The molecule has 2 N–H and O–H groups in total. The molecule has 2 aromatic carbocycles. The fraction of sp³-hybridized carbons (Fsp3) is 0.320. The number of fused-ring (bicyclic) bond motifs is 1. The van der Waals surface area contributed by atoms with E-state index in [0.29, 0.717) is 5.82 Å². The van der Waals surface area contributed by atoms with Crippen molar-refractivity contribution in [2.75, 3.05) is 24.6 Å². The lowest BCUT2D eigenvalue weighted by molar-refractivity contribution is 0.274. The maximum atomic E-state index is 6.32. The summed E-state index contributed by atoms with van der Waals surface area (Å²) in [5, 5.41) is 5.84. The highest BCUT2D eigenvalue weighted by Crippen LogP contribution is 2.35. The van der Waals surface area contributed by atoms with Gasteiger partial charge in [-0.15, -0.1) is 0 Å². The Balaban J connectivity index is 1.46. The van der Waals surface area contributed by atoms with Gasteiger partial charge in [0.25, 0.3) is 0 Å². The Labute approximate surface area is 198 Å². The zero-order valence-corrected chi connectivity index (χ0v) is 19.5. The molecule has 0 spiro atoms. The molecule has 0 saturated carbocycles. The van der Waals surface area contributed by atoms with E-state index < -0.39 is 0 Å². The summed E-state index contributed by atoms with van der Waals surface area (Å²) in [6.07, 6.45) is 4.93. The van der Waals surface area contributed by atoms with Crippen molar-refractivity contribution in [2.45, 2.75) is 32.2 Å². The molecule has 0 radical (unpaired) electrons. The number of ether oxygens (including phenoxy) is 1. The number of hydrogen-bond acceptors (Lipinski definition) is 7.